The highest BCUT2D eigenvalue weighted by atomic mass is 16.6. The minimum Gasteiger partial charge on any atom is -0.479 e. The van der Waals surface area contributed by atoms with Crippen LogP contribution in [0.3, 0.4) is 0 Å². The lowest BCUT2D eigenvalue weighted by Crippen LogP contribution is -2.61. The molecule has 0 aliphatic heterocycles. The fraction of sp³-hybridized carbons (Fsp3) is 0.636. The van der Waals surface area contributed by atoms with Gasteiger partial charge in [-0.2, -0.15) is 0 Å². The Balaban J connectivity index is 1.31. The third-order valence-corrected chi connectivity index (χ3v) is 6.48. The minimum absolute atomic E-state index is 0.0708. The highest BCUT2D eigenvalue weighted by Gasteiger charge is 2.51. The van der Waals surface area contributed by atoms with Crippen molar-refractivity contribution in [3.63, 3.8) is 0 Å². The van der Waals surface area contributed by atoms with Crippen LogP contribution in [-0.4, -0.2) is 29.6 Å². The number of carbonyl (C=O) groups is 2. The Kier molecular flexibility index (Phi) is 4.87. The third kappa shape index (κ3) is 3.97. The number of hydrogen-bond acceptors (Lipinski definition) is 4. The molecule has 2 atom stereocenters. The van der Waals surface area contributed by atoms with E-state index in [1.165, 1.54) is 19.3 Å². The SMILES string of the molecule is C[C@H](Oc1ccccc1)C(=O)O[C@H](C)C(=O)NC12CC3CC(CC(C3)C1)C2. The molecule has 4 aliphatic carbocycles. The Hall–Kier alpha value is -2.04. The number of hydrogen-bond donors (Lipinski definition) is 1. The highest BCUT2D eigenvalue weighted by molar-refractivity contribution is 5.85. The molecule has 5 nitrogen and oxygen atoms in total. The lowest BCUT2D eigenvalue weighted by atomic mass is 9.53. The zero-order chi connectivity index (χ0) is 19.0. The molecule has 0 radical (unpaired) electrons. The van der Waals surface area contributed by atoms with Gasteiger partial charge in [0.15, 0.2) is 12.2 Å². The molecule has 4 saturated carbocycles. The Bertz CT molecular complexity index is 666. The van der Waals surface area contributed by atoms with Gasteiger partial charge in [-0.15, -0.1) is 0 Å². The van der Waals surface area contributed by atoms with E-state index in [1.807, 2.05) is 18.2 Å². The van der Waals surface area contributed by atoms with Gasteiger partial charge in [0.25, 0.3) is 5.91 Å². The summed E-state index contributed by atoms with van der Waals surface area (Å²) in [5.41, 5.74) is -0.0708. The molecule has 146 valence electrons. The molecule has 1 amide bonds. The third-order valence-electron chi connectivity index (χ3n) is 6.48. The van der Waals surface area contributed by atoms with E-state index in [2.05, 4.69) is 5.32 Å². The molecular formula is C22H29NO4. The smallest absolute Gasteiger partial charge is 0.347 e. The lowest BCUT2D eigenvalue weighted by Gasteiger charge is -2.57. The maximum absolute atomic E-state index is 12.7. The number of amides is 1. The Morgan fingerprint density at radius 3 is 2.07 bits per heavy atom. The molecule has 4 aliphatic rings. The molecule has 4 fully saturated rings. The molecular weight excluding hydrogens is 342 g/mol. The van der Waals surface area contributed by atoms with Crippen LogP contribution in [0.1, 0.15) is 52.4 Å². The maximum atomic E-state index is 12.7. The molecule has 27 heavy (non-hydrogen) atoms. The molecule has 5 heteroatoms. The van der Waals surface area contributed by atoms with E-state index in [4.69, 9.17) is 9.47 Å². The number of ether oxygens (including phenoxy) is 2. The van der Waals surface area contributed by atoms with Crippen molar-refractivity contribution in [2.24, 2.45) is 17.8 Å². The number of carbonyl (C=O) groups excluding carboxylic acids is 2. The van der Waals surface area contributed by atoms with Crippen LogP contribution in [0.5, 0.6) is 5.75 Å². The summed E-state index contributed by atoms with van der Waals surface area (Å²) in [7, 11) is 0. The predicted molar refractivity (Wildman–Crippen MR) is 101 cm³/mol. The Labute approximate surface area is 160 Å². The topological polar surface area (TPSA) is 64.6 Å². The van der Waals surface area contributed by atoms with Crippen molar-refractivity contribution in [3.05, 3.63) is 30.3 Å². The number of nitrogens with one attached hydrogen (secondary N) is 1. The van der Waals surface area contributed by atoms with Gasteiger partial charge in [0, 0.05) is 5.54 Å². The van der Waals surface area contributed by atoms with Crippen LogP contribution in [0.15, 0.2) is 30.3 Å². The molecule has 0 spiro atoms. The van der Waals surface area contributed by atoms with Crippen molar-refractivity contribution in [1.29, 1.82) is 0 Å². The lowest BCUT2D eigenvalue weighted by molar-refractivity contribution is -0.162. The van der Waals surface area contributed by atoms with Crippen molar-refractivity contribution in [3.8, 4) is 5.75 Å². The Morgan fingerprint density at radius 2 is 1.52 bits per heavy atom. The summed E-state index contributed by atoms with van der Waals surface area (Å²) < 4.78 is 11.0. The van der Waals surface area contributed by atoms with Crippen LogP contribution in [0, 0.1) is 17.8 Å². The van der Waals surface area contributed by atoms with Crippen LogP contribution in [-0.2, 0) is 14.3 Å². The van der Waals surface area contributed by atoms with E-state index in [1.54, 1.807) is 26.0 Å². The second kappa shape index (κ2) is 7.17. The average molecular weight is 371 g/mol. The van der Waals surface area contributed by atoms with Crippen LogP contribution >= 0.6 is 0 Å². The molecule has 1 aromatic rings. The van der Waals surface area contributed by atoms with Gasteiger partial charge in [-0.1, -0.05) is 18.2 Å². The maximum Gasteiger partial charge on any atom is 0.347 e. The van der Waals surface area contributed by atoms with E-state index in [0.717, 1.165) is 37.0 Å². The Morgan fingerprint density at radius 1 is 0.963 bits per heavy atom. The second-order valence-electron chi connectivity index (χ2n) is 8.84. The van der Waals surface area contributed by atoms with Crippen LogP contribution in [0.25, 0.3) is 0 Å². The largest absolute Gasteiger partial charge is 0.479 e. The first-order valence-corrected chi connectivity index (χ1v) is 10.2. The van der Waals surface area contributed by atoms with Crippen LogP contribution in [0.2, 0.25) is 0 Å². The van der Waals surface area contributed by atoms with Gasteiger partial charge in [-0.05, 0) is 82.3 Å². The number of rotatable bonds is 6. The van der Waals surface area contributed by atoms with Gasteiger partial charge in [0.05, 0.1) is 0 Å². The molecule has 5 rings (SSSR count). The molecule has 0 saturated heterocycles. The average Bonchev–Trinajstić information content (AvgIpc) is 2.60. The molecule has 0 heterocycles. The standard InChI is InChI=1S/C22H29NO4/c1-14(27-21(25)15(2)26-19-6-4-3-5-7-19)20(24)23-22-11-16-8-17(12-22)10-18(9-16)13-22/h3-7,14-18H,8-13H2,1-2H3,(H,23,24)/t14-,15+,16?,17?,18?,22?/m1/s1. The van der Waals surface area contributed by atoms with Gasteiger partial charge in [0.1, 0.15) is 5.75 Å². The van der Waals surface area contributed by atoms with Crippen molar-refractivity contribution in [2.75, 3.05) is 0 Å². The summed E-state index contributed by atoms with van der Waals surface area (Å²) in [6.45, 7) is 3.28. The molecule has 4 bridgehead atoms. The van der Waals surface area contributed by atoms with Crippen molar-refractivity contribution in [1.82, 2.24) is 5.32 Å². The fourth-order valence-electron chi connectivity index (χ4n) is 5.70. The first-order chi connectivity index (χ1) is 12.9. The fourth-order valence-corrected chi connectivity index (χ4v) is 5.70. The first kappa shape index (κ1) is 18.3. The summed E-state index contributed by atoms with van der Waals surface area (Å²) in [5.74, 6) is 2.17. The van der Waals surface area contributed by atoms with Gasteiger partial charge in [-0.25, -0.2) is 4.79 Å². The predicted octanol–water partition coefficient (Wildman–Crippen LogP) is 3.47. The van der Waals surface area contributed by atoms with Gasteiger partial charge in [-0.3, -0.25) is 4.79 Å². The first-order valence-electron chi connectivity index (χ1n) is 10.2. The molecule has 0 unspecified atom stereocenters. The van der Waals surface area contributed by atoms with Crippen LogP contribution in [0.4, 0.5) is 0 Å². The van der Waals surface area contributed by atoms with E-state index in [9.17, 15) is 9.59 Å². The quantitative estimate of drug-likeness (QED) is 0.778. The van der Waals surface area contributed by atoms with E-state index in [0.29, 0.717) is 5.75 Å². The van der Waals surface area contributed by atoms with Crippen molar-refractivity contribution in [2.45, 2.75) is 70.1 Å². The molecule has 1 aromatic carbocycles. The summed E-state index contributed by atoms with van der Waals surface area (Å²) >= 11 is 0. The summed E-state index contributed by atoms with van der Waals surface area (Å²) in [6, 6.07) is 9.14. The van der Waals surface area contributed by atoms with Gasteiger partial charge >= 0.3 is 5.97 Å². The summed E-state index contributed by atoms with van der Waals surface area (Å²) in [4.78, 5) is 25.0. The molecule has 1 N–H and O–H groups in total. The van der Waals surface area contributed by atoms with Crippen LogP contribution < -0.4 is 10.1 Å². The monoisotopic (exact) mass is 371 g/mol. The highest BCUT2D eigenvalue weighted by Crippen LogP contribution is 2.55. The normalized spacial score (nSPS) is 33.2. The van der Waals surface area contributed by atoms with Gasteiger partial charge < -0.3 is 14.8 Å². The minimum atomic E-state index is -0.813. The van der Waals surface area contributed by atoms with Crippen molar-refractivity contribution >= 4 is 11.9 Å². The van der Waals surface area contributed by atoms with Crippen molar-refractivity contribution < 1.29 is 19.1 Å². The zero-order valence-electron chi connectivity index (χ0n) is 16.1. The zero-order valence-corrected chi connectivity index (χ0v) is 16.1. The number of benzene rings is 1. The summed E-state index contributed by atoms with van der Waals surface area (Å²) in [6.07, 6.45) is 5.65. The second-order valence-corrected chi connectivity index (χ2v) is 8.84. The number of para-hydroxylation sites is 1. The number of esters is 1. The molecule has 0 aromatic heterocycles. The van der Waals surface area contributed by atoms with Gasteiger partial charge in [0.2, 0.25) is 0 Å². The van der Waals surface area contributed by atoms with E-state index >= 15 is 0 Å². The van der Waals surface area contributed by atoms with E-state index in [-0.39, 0.29) is 11.4 Å². The van der Waals surface area contributed by atoms with E-state index < -0.39 is 18.2 Å². The summed E-state index contributed by atoms with van der Waals surface area (Å²) in [5, 5.41) is 3.26.